The molecule has 1 fully saturated rings. The van der Waals surface area contributed by atoms with E-state index in [1.165, 1.54) is 6.07 Å². The van der Waals surface area contributed by atoms with Gasteiger partial charge in [0.1, 0.15) is 5.82 Å². The monoisotopic (exact) mass is 193 g/mol. The largest absolute Gasteiger partial charge is 0.356 e. The van der Waals surface area contributed by atoms with E-state index in [0.717, 1.165) is 18.5 Å². The molecule has 0 bridgehead atoms. The van der Waals surface area contributed by atoms with Crippen LogP contribution in [0.15, 0.2) is 18.2 Å². The third kappa shape index (κ3) is 1.50. The number of hydrogen-bond acceptors (Lipinski definition) is 1. The van der Waals surface area contributed by atoms with Gasteiger partial charge < -0.3 is 5.32 Å². The predicted octanol–water partition coefficient (Wildman–Crippen LogP) is 1.74. The van der Waals surface area contributed by atoms with Crippen LogP contribution in [-0.4, -0.2) is 12.5 Å². The molecule has 1 atom stereocenters. The molecule has 1 N–H and O–H groups in total. The maximum atomic E-state index is 13.0. The lowest BCUT2D eigenvalue weighted by Crippen LogP contribution is -2.17. The van der Waals surface area contributed by atoms with Crippen LogP contribution in [0.25, 0.3) is 0 Å². The standard InChI is InChI=1S/C11H12FNO/c1-7-6-8(2-3-10(7)12)9-4-5-13-11(9)14/h2-3,6,9H,4-5H2,1H3,(H,13,14). The molecule has 74 valence electrons. The molecule has 1 aliphatic heterocycles. The van der Waals surface area contributed by atoms with Gasteiger partial charge in [-0.1, -0.05) is 12.1 Å². The summed E-state index contributed by atoms with van der Waals surface area (Å²) in [5.74, 6) is -0.252. The van der Waals surface area contributed by atoms with Crippen molar-refractivity contribution in [3.8, 4) is 0 Å². The zero-order valence-electron chi connectivity index (χ0n) is 8.01. The van der Waals surface area contributed by atoms with Gasteiger partial charge >= 0.3 is 0 Å². The molecule has 0 aliphatic carbocycles. The van der Waals surface area contributed by atoms with Crippen molar-refractivity contribution in [2.75, 3.05) is 6.54 Å². The topological polar surface area (TPSA) is 29.1 Å². The summed E-state index contributed by atoms with van der Waals surface area (Å²) in [5.41, 5.74) is 1.51. The highest BCUT2D eigenvalue weighted by atomic mass is 19.1. The predicted molar refractivity (Wildman–Crippen MR) is 51.5 cm³/mol. The SMILES string of the molecule is Cc1cc(C2CCNC2=O)ccc1F. The summed E-state index contributed by atoms with van der Waals surface area (Å²) in [6, 6.07) is 4.87. The van der Waals surface area contributed by atoms with Crippen molar-refractivity contribution in [1.29, 1.82) is 0 Å². The van der Waals surface area contributed by atoms with E-state index in [9.17, 15) is 9.18 Å². The highest BCUT2D eigenvalue weighted by Crippen LogP contribution is 2.24. The highest BCUT2D eigenvalue weighted by molar-refractivity contribution is 5.85. The van der Waals surface area contributed by atoms with Crippen molar-refractivity contribution < 1.29 is 9.18 Å². The zero-order chi connectivity index (χ0) is 10.1. The van der Waals surface area contributed by atoms with Crippen LogP contribution in [0.5, 0.6) is 0 Å². The van der Waals surface area contributed by atoms with E-state index in [1.54, 1.807) is 19.1 Å². The number of halogens is 1. The van der Waals surface area contributed by atoms with Gasteiger partial charge in [0.05, 0.1) is 5.92 Å². The molecule has 1 saturated heterocycles. The summed E-state index contributed by atoms with van der Waals surface area (Å²) in [6.07, 6.45) is 0.809. The Kier molecular flexibility index (Phi) is 2.23. The van der Waals surface area contributed by atoms with Crippen LogP contribution in [0.2, 0.25) is 0 Å². The molecule has 0 spiro atoms. The Balaban J connectivity index is 2.32. The van der Waals surface area contributed by atoms with Crippen LogP contribution >= 0.6 is 0 Å². The zero-order valence-corrected chi connectivity index (χ0v) is 8.01. The van der Waals surface area contributed by atoms with E-state index in [-0.39, 0.29) is 17.6 Å². The minimum atomic E-state index is -0.216. The molecule has 3 heteroatoms. The molecular weight excluding hydrogens is 181 g/mol. The number of carbonyl (C=O) groups excluding carboxylic acids is 1. The van der Waals surface area contributed by atoms with Crippen LogP contribution in [0, 0.1) is 12.7 Å². The van der Waals surface area contributed by atoms with Gasteiger partial charge in [0.25, 0.3) is 0 Å². The van der Waals surface area contributed by atoms with Crippen molar-refractivity contribution in [2.24, 2.45) is 0 Å². The number of amides is 1. The Hall–Kier alpha value is -1.38. The lowest BCUT2D eigenvalue weighted by Gasteiger charge is -2.08. The van der Waals surface area contributed by atoms with Gasteiger partial charge in [-0.15, -0.1) is 0 Å². The Morgan fingerprint density at radius 3 is 2.86 bits per heavy atom. The molecular formula is C11H12FNO. The molecule has 2 rings (SSSR count). The summed E-state index contributed by atoms with van der Waals surface area (Å²) < 4.78 is 13.0. The fraction of sp³-hybridized carbons (Fsp3) is 0.364. The Labute approximate surface area is 82.1 Å². The summed E-state index contributed by atoms with van der Waals surface area (Å²) in [4.78, 5) is 11.4. The molecule has 2 nitrogen and oxygen atoms in total. The lowest BCUT2D eigenvalue weighted by atomic mass is 9.96. The highest BCUT2D eigenvalue weighted by Gasteiger charge is 2.25. The Bertz CT molecular complexity index is 376. The first kappa shape index (κ1) is 9.19. The molecule has 1 amide bonds. The molecule has 1 unspecified atom stereocenters. The maximum Gasteiger partial charge on any atom is 0.227 e. The number of rotatable bonds is 1. The van der Waals surface area contributed by atoms with E-state index in [4.69, 9.17) is 0 Å². The van der Waals surface area contributed by atoms with E-state index in [1.807, 2.05) is 0 Å². The van der Waals surface area contributed by atoms with Gasteiger partial charge in [0, 0.05) is 6.54 Å². The van der Waals surface area contributed by atoms with Crippen molar-refractivity contribution >= 4 is 5.91 Å². The van der Waals surface area contributed by atoms with Gasteiger partial charge in [0.15, 0.2) is 0 Å². The van der Waals surface area contributed by atoms with Crippen LogP contribution in [0.3, 0.4) is 0 Å². The third-order valence-electron chi connectivity index (χ3n) is 2.63. The smallest absolute Gasteiger partial charge is 0.227 e. The molecule has 1 aliphatic rings. The average molecular weight is 193 g/mol. The van der Waals surface area contributed by atoms with E-state index >= 15 is 0 Å². The second-order valence-electron chi connectivity index (χ2n) is 3.64. The van der Waals surface area contributed by atoms with E-state index in [2.05, 4.69) is 5.32 Å². The van der Waals surface area contributed by atoms with Crippen LogP contribution in [0.4, 0.5) is 4.39 Å². The maximum absolute atomic E-state index is 13.0. The number of hydrogen-bond donors (Lipinski definition) is 1. The van der Waals surface area contributed by atoms with Crippen molar-refractivity contribution in [1.82, 2.24) is 5.32 Å². The molecule has 0 saturated carbocycles. The van der Waals surface area contributed by atoms with E-state index in [0.29, 0.717) is 5.56 Å². The van der Waals surface area contributed by atoms with E-state index < -0.39 is 0 Å². The van der Waals surface area contributed by atoms with Crippen LogP contribution in [0.1, 0.15) is 23.5 Å². The molecule has 14 heavy (non-hydrogen) atoms. The first-order chi connectivity index (χ1) is 6.68. The second kappa shape index (κ2) is 3.40. The molecule has 1 heterocycles. The third-order valence-corrected chi connectivity index (χ3v) is 2.63. The number of aryl methyl sites for hydroxylation is 1. The van der Waals surface area contributed by atoms with Gasteiger partial charge in [-0.3, -0.25) is 4.79 Å². The minimum absolute atomic E-state index is 0.0519. The normalized spacial score (nSPS) is 21.0. The first-order valence-electron chi connectivity index (χ1n) is 4.72. The number of benzene rings is 1. The molecule has 0 radical (unpaired) electrons. The molecule has 0 aromatic heterocycles. The summed E-state index contributed by atoms with van der Waals surface area (Å²) >= 11 is 0. The fourth-order valence-corrected chi connectivity index (χ4v) is 1.80. The number of nitrogens with one attached hydrogen (secondary N) is 1. The van der Waals surface area contributed by atoms with Crippen molar-refractivity contribution in [2.45, 2.75) is 19.3 Å². The quantitative estimate of drug-likeness (QED) is 0.723. The molecule has 1 aromatic rings. The minimum Gasteiger partial charge on any atom is -0.356 e. The van der Waals surface area contributed by atoms with Crippen molar-refractivity contribution in [3.63, 3.8) is 0 Å². The van der Waals surface area contributed by atoms with Crippen LogP contribution < -0.4 is 5.32 Å². The molecule has 1 aromatic carbocycles. The van der Waals surface area contributed by atoms with Gasteiger partial charge in [0.2, 0.25) is 5.91 Å². The summed E-state index contributed by atoms with van der Waals surface area (Å²) in [6.45, 7) is 2.44. The lowest BCUT2D eigenvalue weighted by molar-refractivity contribution is -0.120. The Morgan fingerprint density at radius 1 is 1.50 bits per heavy atom. The van der Waals surface area contributed by atoms with Gasteiger partial charge in [-0.05, 0) is 30.5 Å². The first-order valence-corrected chi connectivity index (χ1v) is 4.72. The second-order valence-corrected chi connectivity index (χ2v) is 3.64. The number of carbonyl (C=O) groups is 1. The average Bonchev–Trinajstić information content (AvgIpc) is 2.57. The summed E-state index contributed by atoms with van der Waals surface area (Å²) in [5, 5.41) is 2.77. The van der Waals surface area contributed by atoms with Gasteiger partial charge in [-0.2, -0.15) is 0 Å². The summed E-state index contributed by atoms with van der Waals surface area (Å²) in [7, 11) is 0. The fourth-order valence-electron chi connectivity index (χ4n) is 1.80. The Morgan fingerprint density at radius 2 is 2.29 bits per heavy atom. The van der Waals surface area contributed by atoms with Gasteiger partial charge in [-0.25, -0.2) is 4.39 Å². The van der Waals surface area contributed by atoms with Crippen molar-refractivity contribution in [3.05, 3.63) is 35.1 Å². The van der Waals surface area contributed by atoms with Crippen LogP contribution in [-0.2, 0) is 4.79 Å².